The zero-order valence-electron chi connectivity index (χ0n) is 11.1. The molecule has 1 N–H and O–H groups in total. The third kappa shape index (κ3) is 2.62. The lowest BCUT2D eigenvalue weighted by Crippen LogP contribution is -2.06. The van der Waals surface area contributed by atoms with Crippen molar-refractivity contribution in [1.82, 2.24) is 9.97 Å². The number of hydrogen-bond donors (Lipinski definition) is 1. The first kappa shape index (κ1) is 12.6. The Morgan fingerprint density at radius 3 is 2.74 bits per heavy atom. The Morgan fingerprint density at radius 1 is 1.16 bits per heavy atom. The van der Waals surface area contributed by atoms with Gasteiger partial charge in [-0.15, -0.1) is 22.7 Å². The highest BCUT2D eigenvalue weighted by atomic mass is 32.1. The van der Waals surface area contributed by atoms with Crippen LogP contribution in [0.25, 0.3) is 10.2 Å². The SMILES string of the molecule is Cc1nc(C(C)Nc2ccc3nc(C)sc3c2)cs1. The van der Waals surface area contributed by atoms with Crippen LogP contribution in [0, 0.1) is 13.8 Å². The first-order valence-corrected chi connectivity index (χ1v) is 7.87. The number of nitrogens with zero attached hydrogens (tertiary/aromatic N) is 2. The highest BCUT2D eigenvalue weighted by Gasteiger charge is 2.09. The molecule has 1 aromatic carbocycles. The van der Waals surface area contributed by atoms with E-state index in [1.54, 1.807) is 22.7 Å². The van der Waals surface area contributed by atoms with E-state index in [0.29, 0.717) is 0 Å². The smallest absolute Gasteiger partial charge is 0.0907 e. The van der Waals surface area contributed by atoms with Crippen LogP contribution in [-0.4, -0.2) is 9.97 Å². The number of aromatic nitrogens is 2. The highest BCUT2D eigenvalue weighted by molar-refractivity contribution is 7.18. The Balaban J connectivity index is 1.84. The Morgan fingerprint density at radius 2 is 2.00 bits per heavy atom. The van der Waals surface area contributed by atoms with Crippen LogP contribution < -0.4 is 5.32 Å². The number of nitrogens with one attached hydrogen (secondary N) is 1. The molecule has 0 aliphatic heterocycles. The number of hydrogen-bond acceptors (Lipinski definition) is 5. The maximum atomic E-state index is 4.52. The molecule has 0 fully saturated rings. The van der Waals surface area contributed by atoms with Crippen molar-refractivity contribution in [1.29, 1.82) is 0 Å². The topological polar surface area (TPSA) is 37.8 Å². The molecular weight excluding hydrogens is 274 g/mol. The van der Waals surface area contributed by atoms with Gasteiger partial charge in [-0.2, -0.15) is 0 Å². The molecule has 98 valence electrons. The molecule has 1 atom stereocenters. The Labute approximate surface area is 120 Å². The van der Waals surface area contributed by atoms with Crippen molar-refractivity contribution in [3.8, 4) is 0 Å². The average Bonchev–Trinajstić information content (AvgIpc) is 2.93. The molecule has 19 heavy (non-hydrogen) atoms. The molecule has 0 bridgehead atoms. The van der Waals surface area contributed by atoms with Gasteiger partial charge in [0.1, 0.15) is 0 Å². The van der Waals surface area contributed by atoms with E-state index in [4.69, 9.17) is 0 Å². The van der Waals surface area contributed by atoms with E-state index in [9.17, 15) is 0 Å². The molecule has 0 amide bonds. The molecule has 3 aromatic rings. The minimum Gasteiger partial charge on any atom is -0.377 e. The molecule has 0 saturated heterocycles. The number of benzene rings is 1. The predicted molar refractivity (Wildman–Crippen MR) is 83.2 cm³/mol. The molecule has 2 heterocycles. The molecule has 0 spiro atoms. The van der Waals surface area contributed by atoms with Crippen LogP contribution in [0.3, 0.4) is 0 Å². The standard InChI is InChI=1S/C14H15N3S2/c1-8(13-7-18-9(2)16-13)15-11-4-5-12-14(6-11)19-10(3)17-12/h4-8,15H,1-3H3. The van der Waals surface area contributed by atoms with E-state index in [1.165, 1.54) is 4.70 Å². The molecule has 1 unspecified atom stereocenters. The van der Waals surface area contributed by atoms with Gasteiger partial charge in [-0.1, -0.05) is 0 Å². The van der Waals surface area contributed by atoms with Crippen molar-refractivity contribution in [2.45, 2.75) is 26.8 Å². The fourth-order valence-corrected chi connectivity index (χ4v) is 3.61. The second kappa shape index (κ2) is 4.90. The van der Waals surface area contributed by atoms with Gasteiger partial charge in [-0.3, -0.25) is 0 Å². The van der Waals surface area contributed by atoms with Gasteiger partial charge in [-0.25, -0.2) is 9.97 Å². The van der Waals surface area contributed by atoms with Crippen molar-refractivity contribution in [2.75, 3.05) is 5.32 Å². The molecular formula is C14H15N3S2. The normalized spacial score (nSPS) is 12.8. The van der Waals surface area contributed by atoms with E-state index in [0.717, 1.165) is 26.9 Å². The van der Waals surface area contributed by atoms with Gasteiger partial charge in [0, 0.05) is 11.1 Å². The summed E-state index contributed by atoms with van der Waals surface area (Å²) in [5.41, 5.74) is 3.29. The molecule has 0 radical (unpaired) electrons. The van der Waals surface area contributed by atoms with Gasteiger partial charge in [0.05, 0.1) is 32.0 Å². The van der Waals surface area contributed by atoms with E-state index >= 15 is 0 Å². The monoisotopic (exact) mass is 289 g/mol. The second-order valence-electron chi connectivity index (χ2n) is 4.57. The van der Waals surface area contributed by atoms with Crippen molar-refractivity contribution in [3.05, 3.63) is 39.3 Å². The summed E-state index contributed by atoms with van der Waals surface area (Å²) in [7, 11) is 0. The van der Waals surface area contributed by atoms with Crippen LogP contribution in [0.1, 0.15) is 28.7 Å². The zero-order valence-corrected chi connectivity index (χ0v) is 12.7. The van der Waals surface area contributed by atoms with Crippen molar-refractivity contribution >= 4 is 38.6 Å². The summed E-state index contributed by atoms with van der Waals surface area (Å²) in [6.07, 6.45) is 0. The Bertz CT molecular complexity index is 714. The van der Waals surface area contributed by atoms with Crippen LogP contribution in [-0.2, 0) is 0 Å². The number of fused-ring (bicyclic) bond motifs is 1. The lowest BCUT2D eigenvalue weighted by Gasteiger charge is -2.12. The molecule has 3 rings (SSSR count). The summed E-state index contributed by atoms with van der Waals surface area (Å²) in [5, 5.41) is 7.82. The van der Waals surface area contributed by atoms with Gasteiger partial charge in [0.2, 0.25) is 0 Å². The minimum absolute atomic E-state index is 0.219. The van der Waals surface area contributed by atoms with E-state index in [-0.39, 0.29) is 6.04 Å². The summed E-state index contributed by atoms with van der Waals surface area (Å²) < 4.78 is 1.23. The van der Waals surface area contributed by atoms with Gasteiger partial charge in [0.15, 0.2) is 0 Å². The third-order valence-corrected chi connectivity index (χ3v) is 4.68. The third-order valence-electron chi connectivity index (χ3n) is 2.96. The molecule has 2 aromatic heterocycles. The van der Waals surface area contributed by atoms with Crippen LogP contribution in [0.4, 0.5) is 5.69 Å². The van der Waals surface area contributed by atoms with Crippen molar-refractivity contribution < 1.29 is 0 Å². The van der Waals surface area contributed by atoms with E-state index in [1.807, 2.05) is 13.8 Å². The van der Waals surface area contributed by atoms with Crippen molar-refractivity contribution in [2.24, 2.45) is 0 Å². The number of rotatable bonds is 3. The quantitative estimate of drug-likeness (QED) is 0.769. The predicted octanol–water partition coefficient (Wildman–Crippen LogP) is 4.54. The van der Waals surface area contributed by atoms with Crippen molar-refractivity contribution in [3.63, 3.8) is 0 Å². The second-order valence-corrected chi connectivity index (χ2v) is 6.87. The summed E-state index contributed by atoms with van der Waals surface area (Å²) in [6, 6.07) is 6.53. The lowest BCUT2D eigenvalue weighted by molar-refractivity contribution is 0.846. The molecule has 5 heteroatoms. The van der Waals surface area contributed by atoms with Gasteiger partial charge in [0.25, 0.3) is 0 Å². The minimum atomic E-state index is 0.219. The molecule has 0 aliphatic carbocycles. The molecule has 0 aliphatic rings. The molecule has 3 nitrogen and oxygen atoms in total. The fourth-order valence-electron chi connectivity index (χ4n) is 2.03. The van der Waals surface area contributed by atoms with E-state index in [2.05, 4.69) is 45.8 Å². The maximum Gasteiger partial charge on any atom is 0.0907 e. The zero-order chi connectivity index (χ0) is 13.4. The summed E-state index contributed by atoms with van der Waals surface area (Å²) in [6.45, 7) is 6.21. The highest BCUT2D eigenvalue weighted by Crippen LogP contribution is 2.27. The number of thiazole rings is 2. The summed E-state index contributed by atoms with van der Waals surface area (Å²) in [5.74, 6) is 0. The average molecular weight is 289 g/mol. The Kier molecular flexibility index (Phi) is 3.24. The number of anilines is 1. The largest absolute Gasteiger partial charge is 0.377 e. The maximum absolute atomic E-state index is 4.52. The van der Waals surface area contributed by atoms with Gasteiger partial charge in [-0.05, 0) is 39.0 Å². The molecule has 0 saturated carbocycles. The van der Waals surface area contributed by atoms with Crippen LogP contribution >= 0.6 is 22.7 Å². The lowest BCUT2D eigenvalue weighted by atomic mass is 10.2. The summed E-state index contributed by atoms with van der Waals surface area (Å²) >= 11 is 3.42. The Hall–Kier alpha value is -1.46. The first-order valence-electron chi connectivity index (χ1n) is 6.17. The number of aryl methyl sites for hydroxylation is 2. The van der Waals surface area contributed by atoms with Crippen LogP contribution in [0.5, 0.6) is 0 Å². The van der Waals surface area contributed by atoms with E-state index < -0.39 is 0 Å². The van der Waals surface area contributed by atoms with Crippen LogP contribution in [0.15, 0.2) is 23.6 Å². The first-order chi connectivity index (χ1) is 9.11. The summed E-state index contributed by atoms with van der Waals surface area (Å²) in [4.78, 5) is 8.99. The van der Waals surface area contributed by atoms with Gasteiger partial charge >= 0.3 is 0 Å². The van der Waals surface area contributed by atoms with Crippen LogP contribution in [0.2, 0.25) is 0 Å². The fraction of sp³-hybridized carbons (Fsp3) is 0.286. The van der Waals surface area contributed by atoms with Gasteiger partial charge < -0.3 is 5.32 Å².